The van der Waals surface area contributed by atoms with Gasteiger partial charge in [-0.05, 0) is 26.0 Å². The summed E-state index contributed by atoms with van der Waals surface area (Å²) < 4.78 is 5.13. The molecule has 0 aliphatic heterocycles. The van der Waals surface area contributed by atoms with Crippen LogP contribution < -0.4 is 0 Å². The Balaban J connectivity index is 2.92. The standard InChI is InChI=1S/C8H11NO3/c1-8(2,10)7-4-3-6(12-7)5-9-11/h3-5,10-11H,1-2H3/b9-5-. The van der Waals surface area contributed by atoms with E-state index in [1.54, 1.807) is 26.0 Å². The minimum atomic E-state index is -0.998. The lowest BCUT2D eigenvalue weighted by Crippen LogP contribution is -2.13. The fraction of sp³-hybridized carbons (Fsp3) is 0.375. The second-order valence-corrected chi connectivity index (χ2v) is 3.01. The van der Waals surface area contributed by atoms with E-state index in [1.165, 1.54) is 0 Å². The summed E-state index contributed by atoms with van der Waals surface area (Å²) in [6.45, 7) is 3.23. The molecule has 0 spiro atoms. The third-order valence-corrected chi connectivity index (χ3v) is 1.41. The molecule has 0 radical (unpaired) electrons. The van der Waals surface area contributed by atoms with Gasteiger partial charge in [-0.2, -0.15) is 0 Å². The number of aliphatic hydroxyl groups is 1. The van der Waals surface area contributed by atoms with Gasteiger partial charge in [0, 0.05) is 0 Å². The SMILES string of the molecule is CC(C)(O)c1ccc(/C=N\O)o1. The molecule has 1 aromatic rings. The maximum absolute atomic E-state index is 9.47. The number of hydrogen-bond acceptors (Lipinski definition) is 4. The second-order valence-electron chi connectivity index (χ2n) is 3.01. The van der Waals surface area contributed by atoms with Crippen molar-refractivity contribution in [1.29, 1.82) is 0 Å². The summed E-state index contributed by atoms with van der Waals surface area (Å²) in [5, 5.41) is 20.4. The van der Waals surface area contributed by atoms with E-state index in [9.17, 15) is 5.11 Å². The van der Waals surface area contributed by atoms with E-state index in [-0.39, 0.29) is 0 Å². The summed E-state index contributed by atoms with van der Waals surface area (Å²) in [7, 11) is 0. The number of nitrogens with zero attached hydrogens (tertiary/aromatic N) is 1. The maximum Gasteiger partial charge on any atom is 0.148 e. The number of hydrogen-bond donors (Lipinski definition) is 2. The largest absolute Gasteiger partial charge is 0.457 e. The van der Waals surface area contributed by atoms with Crippen molar-refractivity contribution in [2.45, 2.75) is 19.4 Å². The highest BCUT2D eigenvalue weighted by Gasteiger charge is 2.19. The fourth-order valence-corrected chi connectivity index (χ4v) is 0.808. The molecule has 0 aromatic carbocycles. The van der Waals surface area contributed by atoms with E-state index in [0.29, 0.717) is 11.5 Å². The van der Waals surface area contributed by atoms with E-state index in [4.69, 9.17) is 9.62 Å². The van der Waals surface area contributed by atoms with Crippen molar-refractivity contribution in [3.8, 4) is 0 Å². The van der Waals surface area contributed by atoms with Gasteiger partial charge in [0.05, 0.1) is 0 Å². The molecule has 12 heavy (non-hydrogen) atoms. The molecule has 0 saturated heterocycles. The first-order valence-corrected chi connectivity index (χ1v) is 3.54. The van der Waals surface area contributed by atoms with Gasteiger partial charge < -0.3 is 14.7 Å². The van der Waals surface area contributed by atoms with Gasteiger partial charge in [-0.25, -0.2) is 0 Å². The number of oxime groups is 1. The number of furan rings is 1. The van der Waals surface area contributed by atoms with Crippen LogP contribution in [0.15, 0.2) is 21.7 Å². The zero-order chi connectivity index (χ0) is 9.19. The van der Waals surface area contributed by atoms with Crippen LogP contribution in [0, 0.1) is 0 Å². The van der Waals surface area contributed by atoms with Crippen molar-refractivity contribution in [2.75, 3.05) is 0 Å². The Morgan fingerprint density at radius 1 is 1.50 bits per heavy atom. The molecule has 0 aliphatic rings. The smallest absolute Gasteiger partial charge is 0.148 e. The predicted molar refractivity (Wildman–Crippen MR) is 43.3 cm³/mol. The van der Waals surface area contributed by atoms with Crippen molar-refractivity contribution >= 4 is 6.21 Å². The van der Waals surface area contributed by atoms with Crippen LogP contribution >= 0.6 is 0 Å². The molecule has 0 atom stereocenters. The zero-order valence-corrected chi connectivity index (χ0v) is 6.98. The van der Waals surface area contributed by atoms with E-state index in [0.717, 1.165) is 6.21 Å². The molecular weight excluding hydrogens is 158 g/mol. The van der Waals surface area contributed by atoms with Crippen LogP contribution in [0.25, 0.3) is 0 Å². The molecule has 66 valence electrons. The predicted octanol–water partition coefficient (Wildman–Crippen LogP) is 1.32. The minimum Gasteiger partial charge on any atom is -0.457 e. The average molecular weight is 169 g/mol. The van der Waals surface area contributed by atoms with Gasteiger partial charge in [0.25, 0.3) is 0 Å². The van der Waals surface area contributed by atoms with E-state index < -0.39 is 5.60 Å². The van der Waals surface area contributed by atoms with E-state index in [2.05, 4.69) is 5.16 Å². The van der Waals surface area contributed by atoms with Crippen LogP contribution in [0.4, 0.5) is 0 Å². The van der Waals surface area contributed by atoms with Gasteiger partial charge in [0.15, 0.2) is 0 Å². The summed E-state index contributed by atoms with van der Waals surface area (Å²) in [5.74, 6) is 0.854. The highest BCUT2D eigenvalue weighted by Crippen LogP contribution is 2.20. The molecule has 0 amide bonds. The van der Waals surface area contributed by atoms with Crippen molar-refractivity contribution in [3.05, 3.63) is 23.7 Å². The molecule has 0 unspecified atom stereocenters. The first kappa shape index (κ1) is 8.80. The lowest BCUT2D eigenvalue weighted by atomic mass is 10.1. The van der Waals surface area contributed by atoms with Crippen LogP contribution in [0.1, 0.15) is 25.4 Å². The molecule has 0 aliphatic carbocycles. The van der Waals surface area contributed by atoms with Crippen LogP contribution in [0.2, 0.25) is 0 Å². The number of rotatable bonds is 2. The Bertz CT molecular complexity index is 283. The Morgan fingerprint density at radius 2 is 2.17 bits per heavy atom. The first-order valence-electron chi connectivity index (χ1n) is 3.54. The summed E-state index contributed by atoms with van der Waals surface area (Å²) >= 11 is 0. The monoisotopic (exact) mass is 169 g/mol. The minimum absolute atomic E-state index is 0.412. The Morgan fingerprint density at radius 3 is 2.58 bits per heavy atom. The first-order chi connectivity index (χ1) is 5.54. The third kappa shape index (κ3) is 1.85. The lowest BCUT2D eigenvalue weighted by Gasteiger charge is -2.12. The van der Waals surface area contributed by atoms with Crippen molar-refractivity contribution in [3.63, 3.8) is 0 Å². The van der Waals surface area contributed by atoms with Crippen LogP contribution in [-0.4, -0.2) is 16.5 Å². The second kappa shape index (κ2) is 2.98. The Kier molecular flexibility index (Phi) is 2.19. The normalized spacial score (nSPS) is 12.6. The topological polar surface area (TPSA) is 66.0 Å². The van der Waals surface area contributed by atoms with Gasteiger partial charge in [-0.3, -0.25) is 0 Å². The van der Waals surface area contributed by atoms with Crippen LogP contribution in [-0.2, 0) is 5.60 Å². The highest BCUT2D eigenvalue weighted by atomic mass is 16.4. The lowest BCUT2D eigenvalue weighted by molar-refractivity contribution is 0.0539. The quantitative estimate of drug-likeness (QED) is 0.398. The molecule has 4 nitrogen and oxygen atoms in total. The summed E-state index contributed by atoms with van der Waals surface area (Å²) in [6.07, 6.45) is 1.16. The molecule has 0 bridgehead atoms. The van der Waals surface area contributed by atoms with Crippen molar-refractivity contribution in [1.82, 2.24) is 0 Å². The molecule has 1 rings (SSSR count). The molecule has 1 heterocycles. The maximum atomic E-state index is 9.47. The van der Waals surface area contributed by atoms with Gasteiger partial charge in [0.1, 0.15) is 23.3 Å². The molecular formula is C8H11NO3. The summed E-state index contributed by atoms with van der Waals surface area (Å²) in [6, 6.07) is 3.25. The van der Waals surface area contributed by atoms with Crippen molar-refractivity contribution < 1.29 is 14.7 Å². The van der Waals surface area contributed by atoms with Gasteiger partial charge in [0.2, 0.25) is 0 Å². The third-order valence-electron chi connectivity index (χ3n) is 1.41. The molecule has 0 saturated carbocycles. The molecule has 4 heteroatoms. The van der Waals surface area contributed by atoms with Crippen molar-refractivity contribution in [2.24, 2.45) is 5.16 Å². The molecule has 2 N–H and O–H groups in total. The summed E-state index contributed by atoms with van der Waals surface area (Å²) in [4.78, 5) is 0. The molecule has 0 fully saturated rings. The van der Waals surface area contributed by atoms with E-state index in [1.807, 2.05) is 0 Å². The van der Waals surface area contributed by atoms with Crippen LogP contribution in [0.3, 0.4) is 0 Å². The van der Waals surface area contributed by atoms with Gasteiger partial charge >= 0.3 is 0 Å². The molecule has 1 aromatic heterocycles. The zero-order valence-electron chi connectivity index (χ0n) is 6.98. The van der Waals surface area contributed by atoms with E-state index >= 15 is 0 Å². The van der Waals surface area contributed by atoms with Gasteiger partial charge in [-0.15, -0.1) is 0 Å². The van der Waals surface area contributed by atoms with Crippen LogP contribution in [0.5, 0.6) is 0 Å². The fourth-order valence-electron chi connectivity index (χ4n) is 0.808. The summed E-state index contributed by atoms with van der Waals surface area (Å²) in [5.41, 5.74) is -0.998. The highest BCUT2D eigenvalue weighted by molar-refractivity contribution is 5.75. The Labute approximate surface area is 70.1 Å². The Hall–Kier alpha value is -1.29. The van der Waals surface area contributed by atoms with Gasteiger partial charge in [-0.1, -0.05) is 5.16 Å². The average Bonchev–Trinajstić information content (AvgIpc) is 2.35.